The largest absolute Gasteiger partial charge is 0.320 e. The average molecular weight is 270 g/mol. The van der Waals surface area contributed by atoms with E-state index < -0.39 is 5.54 Å². The number of nitrogens with zero attached hydrogens (tertiary/aromatic N) is 3. The van der Waals surface area contributed by atoms with Gasteiger partial charge in [-0.05, 0) is 44.2 Å². The molecule has 0 aliphatic heterocycles. The summed E-state index contributed by atoms with van der Waals surface area (Å²) in [5.41, 5.74) is 9.45. The van der Waals surface area contributed by atoms with E-state index in [4.69, 9.17) is 5.73 Å². The predicted molar refractivity (Wildman–Crippen MR) is 79.4 cm³/mol. The van der Waals surface area contributed by atoms with E-state index in [0.717, 1.165) is 12.2 Å². The normalized spacial score (nSPS) is 18.9. The fourth-order valence-electron chi connectivity index (χ4n) is 2.95. The van der Waals surface area contributed by atoms with Gasteiger partial charge in [0.25, 0.3) is 0 Å². The maximum atomic E-state index is 6.06. The highest BCUT2D eigenvalue weighted by Crippen LogP contribution is 2.32. The molecule has 0 radical (unpaired) electrons. The van der Waals surface area contributed by atoms with Crippen molar-refractivity contribution in [3.8, 4) is 0 Å². The number of nitrogens with two attached hydrogens (primary N) is 1. The van der Waals surface area contributed by atoms with Crippen LogP contribution in [0.25, 0.3) is 0 Å². The van der Waals surface area contributed by atoms with Gasteiger partial charge in [-0.3, -0.25) is 4.68 Å². The van der Waals surface area contributed by atoms with Gasteiger partial charge < -0.3 is 5.73 Å². The monoisotopic (exact) mass is 270 g/mol. The van der Waals surface area contributed by atoms with Crippen molar-refractivity contribution in [2.24, 2.45) is 5.73 Å². The molecule has 1 aliphatic carbocycles. The predicted octanol–water partition coefficient (Wildman–Crippen LogP) is 2.59. The quantitative estimate of drug-likeness (QED) is 0.932. The summed E-state index contributed by atoms with van der Waals surface area (Å²) >= 11 is 0. The molecule has 1 unspecified atom stereocenters. The average Bonchev–Trinajstić information content (AvgIpc) is 2.88. The van der Waals surface area contributed by atoms with Crippen LogP contribution >= 0.6 is 0 Å². The maximum Gasteiger partial charge on any atom is 0.102 e. The van der Waals surface area contributed by atoms with E-state index in [1.54, 1.807) is 0 Å². The van der Waals surface area contributed by atoms with E-state index in [2.05, 4.69) is 34.6 Å². The first kappa shape index (κ1) is 13.3. The summed E-state index contributed by atoms with van der Waals surface area (Å²) in [6.45, 7) is 4.80. The topological polar surface area (TPSA) is 56.7 Å². The molecule has 20 heavy (non-hydrogen) atoms. The molecule has 0 saturated heterocycles. The third-order valence-corrected chi connectivity index (χ3v) is 4.10. The maximum absolute atomic E-state index is 6.06. The molecule has 0 bridgehead atoms. The second kappa shape index (κ2) is 5.02. The standard InChI is InChI=1S/C16H22N4/c1-16(2,17)15-11-20(19-18-15)10-13-8-5-7-12-6-3-4-9-14(12)13/h3-4,6,9,11,13H,5,7-8,10,17H2,1-2H3. The second-order valence-corrected chi connectivity index (χ2v) is 6.34. The Hall–Kier alpha value is -1.68. The zero-order valence-corrected chi connectivity index (χ0v) is 12.2. The molecule has 1 aliphatic rings. The number of aryl methyl sites for hydroxylation is 1. The fraction of sp³-hybridized carbons (Fsp3) is 0.500. The van der Waals surface area contributed by atoms with Crippen LogP contribution in [-0.4, -0.2) is 15.0 Å². The van der Waals surface area contributed by atoms with Gasteiger partial charge in [0.1, 0.15) is 5.69 Å². The minimum atomic E-state index is -0.428. The molecule has 0 fully saturated rings. The Kier molecular flexibility index (Phi) is 3.34. The zero-order chi connectivity index (χ0) is 14.2. The summed E-state index contributed by atoms with van der Waals surface area (Å²) in [6, 6.07) is 8.76. The Labute approximate surface area is 120 Å². The Bertz CT molecular complexity index is 595. The summed E-state index contributed by atoms with van der Waals surface area (Å²) in [5, 5.41) is 8.43. The van der Waals surface area contributed by atoms with Crippen LogP contribution in [0.15, 0.2) is 30.5 Å². The minimum Gasteiger partial charge on any atom is -0.320 e. The van der Waals surface area contributed by atoms with E-state index in [0.29, 0.717) is 5.92 Å². The molecular weight excluding hydrogens is 248 g/mol. The highest BCUT2D eigenvalue weighted by molar-refractivity contribution is 5.32. The van der Waals surface area contributed by atoms with E-state index in [1.807, 2.05) is 24.7 Å². The van der Waals surface area contributed by atoms with Crippen molar-refractivity contribution in [1.29, 1.82) is 0 Å². The van der Waals surface area contributed by atoms with Crippen molar-refractivity contribution >= 4 is 0 Å². The number of hydrogen-bond acceptors (Lipinski definition) is 3. The molecule has 1 aromatic carbocycles. The molecule has 2 N–H and O–H groups in total. The van der Waals surface area contributed by atoms with E-state index in [1.165, 1.54) is 30.4 Å². The minimum absolute atomic E-state index is 0.428. The van der Waals surface area contributed by atoms with Crippen LogP contribution in [0.3, 0.4) is 0 Å². The summed E-state index contributed by atoms with van der Waals surface area (Å²) in [7, 11) is 0. The van der Waals surface area contributed by atoms with Gasteiger partial charge in [0, 0.05) is 12.5 Å². The molecule has 0 saturated carbocycles. The van der Waals surface area contributed by atoms with Crippen molar-refractivity contribution in [1.82, 2.24) is 15.0 Å². The Morgan fingerprint density at radius 1 is 1.35 bits per heavy atom. The van der Waals surface area contributed by atoms with Crippen molar-refractivity contribution in [2.75, 3.05) is 0 Å². The van der Waals surface area contributed by atoms with Gasteiger partial charge >= 0.3 is 0 Å². The second-order valence-electron chi connectivity index (χ2n) is 6.34. The molecule has 4 heteroatoms. The van der Waals surface area contributed by atoms with Gasteiger partial charge in [-0.25, -0.2) is 0 Å². The van der Waals surface area contributed by atoms with Gasteiger partial charge in [-0.2, -0.15) is 0 Å². The molecule has 0 amide bonds. The smallest absolute Gasteiger partial charge is 0.102 e. The summed E-state index contributed by atoms with van der Waals surface area (Å²) in [4.78, 5) is 0. The lowest BCUT2D eigenvalue weighted by atomic mass is 9.83. The SMILES string of the molecule is CC(C)(N)c1cn(CC2CCCc3ccccc32)nn1. The molecule has 3 rings (SSSR count). The molecule has 4 nitrogen and oxygen atoms in total. The molecule has 1 aromatic heterocycles. The molecule has 0 spiro atoms. The number of aromatic nitrogens is 3. The lowest BCUT2D eigenvalue weighted by Gasteiger charge is -2.25. The van der Waals surface area contributed by atoms with Crippen molar-refractivity contribution < 1.29 is 0 Å². The number of fused-ring (bicyclic) bond motifs is 1. The van der Waals surface area contributed by atoms with Crippen LogP contribution in [-0.2, 0) is 18.5 Å². The van der Waals surface area contributed by atoms with E-state index in [9.17, 15) is 0 Å². The Balaban J connectivity index is 1.81. The number of benzene rings is 1. The van der Waals surface area contributed by atoms with Gasteiger partial charge in [0.15, 0.2) is 0 Å². The lowest BCUT2D eigenvalue weighted by molar-refractivity contribution is 0.449. The third-order valence-electron chi connectivity index (χ3n) is 4.10. The van der Waals surface area contributed by atoms with E-state index >= 15 is 0 Å². The molecular formula is C16H22N4. The number of rotatable bonds is 3. The van der Waals surface area contributed by atoms with Gasteiger partial charge in [0.05, 0.1) is 11.7 Å². The first-order valence-corrected chi connectivity index (χ1v) is 7.31. The van der Waals surface area contributed by atoms with Crippen molar-refractivity contribution in [3.63, 3.8) is 0 Å². The Morgan fingerprint density at radius 2 is 2.15 bits per heavy atom. The van der Waals surface area contributed by atoms with Crippen LogP contribution in [0, 0.1) is 0 Å². The van der Waals surface area contributed by atoms with E-state index in [-0.39, 0.29) is 0 Å². The summed E-state index contributed by atoms with van der Waals surface area (Å²) in [5.74, 6) is 0.537. The lowest BCUT2D eigenvalue weighted by Crippen LogP contribution is -2.29. The fourth-order valence-corrected chi connectivity index (χ4v) is 2.95. The first-order valence-electron chi connectivity index (χ1n) is 7.31. The summed E-state index contributed by atoms with van der Waals surface area (Å²) in [6.07, 6.45) is 5.66. The third kappa shape index (κ3) is 2.61. The van der Waals surface area contributed by atoms with Crippen molar-refractivity contribution in [2.45, 2.75) is 51.1 Å². The highest BCUT2D eigenvalue weighted by atomic mass is 15.4. The van der Waals surface area contributed by atoms with Crippen molar-refractivity contribution in [3.05, 3.63) is 47.3 Å². The Morgan fingerprint density at radius 3 is 2.90 bits per heavy atom. The van der Waals surface area contributed by atoms with Gasteiger partial charge in [-0.1, -0.05) is 29.5 Å². The number of hydrogen-bond donors (Lipinski definition) is 1. The van der Waals surface area contributed by atoms with Crippen LogP contribution in [0.4, 0.5) is 0 Å². The first-order chi connectivity index (χ1) is 9.54. The van der Waals surface area contributed by atoms with Gasteiger partial charge in [-0.15, -0.1) is 5.10 Å². The van der Waals surface area contributed by atoms with Crippen LogP contribution < -0.4 is 5.73 Å². The summed E-state index contributed by atoms with van der Waals surface area (Å²) < 4.78 is 1.94. The molecule has 1 heterocycles. The van der Waals surface area contributed by atoms with Crippen LogP contribution in [0.5, 0.6) is 0 Å². The molecule has 106 valence electrons. The zero-order valence-electron chi connectivity index (χ0n) is 12.2. The van der Waals surface area contributed by atoms with Crippen LogP contribution in [0.1, 0.15) is 49.4 Å². The molecule has 1 atom stereocenters. The van der Waals surface area contributed by atoms with Crippen LogP contribution in [0.2, 0.25) is 0 Å². The van der Waals surface area contributed by atoms with Gasteiger partial charge in [0.2, 0.25) is 0 Å². The highest BCUT2D eigenvalue weighted by Gasteiger charge is 2.22. The molecule has 2 aromatic rings.